The number of hydrogen-bond acceptors (Lipinski definition) is 4. The van der Waals surface area contributed by atoms with Crippen molar-refractivity contribution in [3.05, 3.63) is 11.4 Å². The molecular weight excluding hydrogens is 230 g/mol. The maximum atomic E-state index is 11.9. The monoisotopic (exact) mass is 251 g/mol. The highest BCUT2D eigenvalue weighted by atomic mass is 16.5. The second kappa shape index (κ2) is 5.42. The van der Waals surface area contributed by atoms with Crippen LogP contribution in [0.3, 0.4) is 0 Å². The molecule has 0 bridgehead atoms. The number of nitrogens with two attached hydrogens (primary N) is 1. The first-order valence-electron chi connectivity index (χ1n) is 6.62. The average Bonchev–Trinajstić information content (AvgIpc) is 2.57. The minimum Gasteiger partial charge on any atom is -0.461 e. The lowest BCUT2D eigenvalue weighted by atomic mass is 9.83. The van der Waals surface area contributed by atoms with Crippen molar-refractivity contribution in [3.63, 3.8) is 0 Å². The Morgan fingerprint density at radius 3 is 2.78 bits per heavy atom. The molecule has 0 radical (unpaired) electrons. The van der Waals surface area contributed by atoms with Gasteiger partial charge >= 0.3 is 5.97 Å². The van der Waals surface area contributed by atoms with E-state index in [0.29, 0.717) is 18.0 Å². The third-order valence-electron chi connectivity index (χ3n) is 3.67. The van der Waals surface area contributed by atoms with Crippen molar-refractivity contribution in [2.75, 3.05) is 12.3 Å². The van der Waals surface area contributed by atoms with Crippen molar-refractivity contribution in [1.82, 2.24) is 9.78 Å². The molecule has 0 unspecified atom stereocenters. The Balaban J connectivity index is 1.93. The van der Waals surface area contributed by atoms with Gasteiger partial charge in [-0.25, -0.2) is 4.79 Å². The third-order valence-corrected chi connectivity index (χ3v) is 3.67. The van der Waals surface area contributed by atoms with Gasteiger partial charge in [0, 0.05) is 7.05 Å². The van der Waals surface area contributed by atoms with E-state index in [1.807, 2.05) is 6.92 Å². The summed E-state index contributed by atoms with van der Waals surface area (Å²) in [7, 11) is 1.72. The topological polar surface area (TPSA) is 70.1 Å². The Hall–Kier alpha value is -1.52. The van der Waals surface area contributed by atoms with E-state index >= 15 is 0 Å². The molecule has 2 rings (SSSR count). The van der Waals surface area contributed by atoms with Gasteiger partial charge in [-0.1, -0.05) is 26.2 Å². The highest BCUT2D eigenvalue weighted by Gasteiger charge is 2.22. The van der Waals surface area contributed by atoms with Crippen LogP contribution in [0.4, 0.5) is 5.69 Å². The Morgan fingerprint density at radius 1 is 1.56 bits per heavy atom. The molecule has 5 heteroatoms. The fourth-order valence-electron chi connectivity index (χ4n) is 2.27. The Labute approximate surface area is 107 Å². The van der Waals surface area contributed by atoms with Crippen molar-refractivity contribution in [3.8, 4) is 0 Å². The molecule has 5 nitrogen and oxygen atoms in total. The van der Waals surface area contributed by atoms with E-state index in [-0.39, 0.29) is 5.97 Å². The van der Waals surface area contributed by atoms with Gasteiger partial charge < -0.3 is 10.5 Å². The molecule has 0 amide bonds. The lowest BCUT2D eigenvalue weighted by Gasteiger charge is -2.24. The number of carbonyl (C=O) groups is 1. The molecule has 100 valence electrons. The molecule has 0 spiro atoms. The Kier molecular flexibility index (Phi) is 3.89. The van der Waals surface area contributed by atoms with Crippen molar-refractivity contribution in [1.29, 1.82) is 0 Å². The predicted molar refractivity (Wildman–Crippen MR) is 69.2 cm³/mol. The molecule has 2 N–H and O–H groups in total. The first-order valence-corrected chi connectivity index (χ1v) is 6.62. The van der Waals surface area contributed by atoms with Crippen molar-refractivity contribution < 1.29 is 9.53 Å². The fraction of sp³-hybridized carbons (Fsp3) is 0.692. The summed E-state index contributed by atoms with van der Waals surface area (Å²) in [5.74, 6) is 0.384. The summed E-state index contributed by atoms with van der Waals surface area (Å²) in [5, 5.41) is 4.21. The van der Waals surface area contributed by atoms with Gasteiger partial charge in [-0.15, -0.1) is 0 Å². The molecule has 0 aromatic carbocycles. The summed E-state index contributed by atoms with van der Waals surface area (Å²) in [6, 6.07) is 0. The largest absolute Gasteiger partial charge is 0.461 e. The number of aryl methyl sites for hydroxylation is 2. The zero-order chi connectivity index (χ0) is 13.1. The van der Waals surface area contributed by atoms with Crippen LogP contribution in [0.15, 0.2) is 0 Å². The molecule has 0 atom stereocenters. The molecule has 1 saturated carbocycles. The van der Waals surface area contributed by atoms with E-state index < -0.39 is 0 Å². The van der Waals surface area contributed by atoms with Crippen LogP contribution in [-0.4, -0.2) is 22.4 Å². The van der Waals surface area contributed by atoms with Gasteiger partial charge in [0.1, 0.15) is 0 Å². The number of anilines is 1. The van der Waals surface area contributed by atoms with Gasteiger partial charge in [-0.2, -0.15) is 5.10 Å². The van der Waals surface area contributed by atoms with Crippen LogP contribution in [0.2, 0.25) is 0 Å². The quantitative estimate of drug-likeness (QED) is 0.811. The Morgan fingerprint density at radius 2 is 2.28 bits per heavy atom. The lowest BCUT2D eigenvalue weighted by molar-refractivity contribution is 0.0453. The molecule has 1 fully saturated rings. The van der Waals surface area contributed by atoms with Gasteiger partial charge in [0.2, 0.25) is 0 Å². The standard InChI is InChI=1S/C13H21N3O2/c1-3-10-11(14)12(16(2)15-10)13(17)18-8-7-9-5-4-6-9/h9H,3-8,14H2,1-2H3. The number of nitrogens with zero attached hydrogens (tertiary/aromatic N) is 2. The highest BCUT2D eigenvalue weighted by molar-refractivity contribution is 5.93. The number of hydrogen-bond donors (Lipinski definition) is 1. The third kappa shape index (κ3) is 2.49. The molecule has 1 aliphatic carbocycles. The minimum atomic E-state index is -0.360. The van der Waals surface area contributed by atoms with E-state index in [2.05, 4.69) is 5.10 Å². The highest BCUT2D eigenvalue weighted by Crippen LogP contribution is 2.29. The molecule has 0 saturated heterocycles. The van der Waals surface area contributed by atoms with Crippen molar-refractivity contribution in [2.45, 2.75) is 39.0 Å². The predicted octanol–water partition coefficient (Wildman–Crippen LogP) is 1.91. The molecule has 18 heavy (non-hydrogen) atoms. The first kappa shape index (κ1) is 12.9. The molecule has 1 aromatic rings. The van der Waals surface area contributed by atoms with Crippen LogP contribution in [-0.2, 0) is 18.2 Å². The summed E-state index contributed by atoms with van der Waals surface area (Å²) in [4.78, 5) is 11.9. The molecule has 1 heterocycles. The second-order valence-corrected chi connectivity index (χ2v) is 4.91. The maximum Gasteiger partial charge on any atom is 0.358 e. The normalized spacial score (nSPS) is 15.4. The first-order chi connectivity index (χ1) is 8.63. The summed E-state index contributed by atoms with van der Waals surface area (Å²) in [5.41, 5.74) is 7.48. The van der Waals surface area contributed by atoms with Crippen LogP contribution in [0.25, 0.3) is 0 Å². The van der Waals surface area contributed by atoms with Crippen molar-refractivity contribution in [2.24, 2.45) is 13.0 Å². The van der Waals surface area contributed by atoms with Crippen LogP contribution in [0.5, 0.6) is 0 Å². The van der Waals surface area contributed by atoms with Gasteiger partial charge in [0.05, 0.1) is 18.0 Å². The van der Waals surface area contributed by atoms with Crippen molar-refractivity contribution >= 4 is 11.7 Å². The number of aromatic nitrogens is 2. The number of rotatable bonds is 5. The smallest absolute Gasteiger partial charge is 0.358 e. The summed E-state index contributed by atoms with van der Waals surface area (Å²) in [6.45, 7) is 2.44. The minimum absolute atomic E-state index is 0.360. The number of esters is 1. The second-order valence-electron chi connectivity index (χ2n) is 4.91. The van der Waals surface area contributed by atoms with E-state index in [4.69, 9.17) is 10.5 Å². The van der Waals surface area contributed by atoms with Gasteiger partial charge in [0.15, 0.2) is 5.69 Å². The number of carbonyl (C=O) groups excluding carboxylic acids is 1. The SMILES string of the molecule is CCc1nn(C)c(C(=O)OCCC2CCC2)c1N. The van der Waals surface area contributed by atoms with Crippen LogP contribution < -0.4 is 5.73 Å². The zero-order valence-electron chi connectivity index (χ0n) is 11.1. The Bertz CT molecular complexity index is 436. The molecule has 1 aromatic heterocycles. The lowest BCUT2D eigenvalue weighted by Crippen LogP contribution is -2.17. The van der Waals surface area contributed by atoms with E-state index in [1.165, 1.54) is 23.9 Å². The zero-order valence-corrected chi connectivity index (χ0v) is 11.1. The number of ether oxygens (including phenoxy) is 1. The maximum absolute atomic E-state index is 11.9. The summed E-state index contributed by atoms with van der Waals surface area (Å²) in [6.07, 6.45) is 5.53. The van der Waals surface area contributed by atoms with Crippen LogP contribution in [0.1, 0.15) is 48.8 Å². The molecule has 0 aliphatic heterocycles. The average molecular weight is 251 g/mol. The van der Waals surface area contributed by atoms with Gasteiger partial charge in [0.25, 0.3) is 0 Å². The summed E-state index contributed by atoms with van der Waals surface area (Å²) < 4.78 is 6.79. The molecular formula is C13H21N3O2. The van der Waals surface area contributed by atoms with Gasteiger partial charge in [-0.3, -0.25) is 4.68 Å². The van der Waals surface area contributed by atoms with E-state index in [9.17, 15) is 4.79 Å². The summed E-state index contributed by atoms with van der Waals surface area (Å²) >= 11 is 0. The fourth-order valence-corrected chi connectivity index (χ4v) is 2.27. The number of nitrogen functional groups attached to an aromatic ring is 1. The van der Waals surface area contributed by atoms with E-state index in [1.54, 1.807) is 7.05 Å². The van der Waals surface area contributed by atoms with Crippen LogP contribution in [0, 0.1) is 5.92 Å². The van der Waals surface area contributed by atoms with Crippen LogP contribution >= 0.6 is 0 Å². The van der Waals surface area contributed by atoms with E-state index in [0.717, 1.165) is 24.5 Å². The molecule has 1 aliphatic rings. The van der Waals surface area contributed by atoms with Gasteiger partial charge in [-0.05, 0) is 18.8 Å².